The standard InChI is InChI=1S/C18H18ClN3O3/c1-25-18(24)14-11-12(6-7-15(14)19)21-17(23)13-5-4-8-20-16(13)22-9-2-3-10-22/h4-8,11H,2-3,9-10H2,1H3,(H,21,23). The zero-order chi connectivity index (χ0) is 17.8. The van der Waals surface area contributed by atoms with E-state index in [-0.39, 0.29) is 16.5 Å². The third kappa shape index (κ3) is 3.74. The maximum Gasteiger partial charge on any atom is 0.339 e. The summed E-state index contributed by atoms with van der Waals surface area (Å²) in [6.45, 7) is 1.79. The van der Waals surface area contributed by atoms with E-state index in [1.807, 2.05) is 0 Å². The Morgan fingerprint density at radius 2 is 1.96 bits per heavy atom. The zero-order valence-corrected chi connectivity index (χ0v) is 14.5. The highest BCUT2D eigenvalue weighted by Gasteiger charge is 2.21. The first-order valence-electron chi connectivity index (χ1n) is 7.99. The molecule has 1 aromatic heterocycles. The Morgan fingerprint density at radius 1 is 1.20 bits per heavy atom. The summed E-state index contributed by atoms with van der Waals surface area (Å²) in [6, 6.07) is 8.16. The van der Waals surface area contributed by atoms with Crippen molar-refractivity contribution in [2.75, 3.05) is 30.4 Å². The third-order valence-electron chi connectivity index (χ3n) is 4.07. The lowest BCUT2D eigenvalue weighted by molar-refractivity contribution is 0.0600. The first kappa shape index (κ1) is 17.2. The predicted molar refractivity (Wildman–Crippen MR) is 96.4 cm³/mol. The van der Waals surface area contributed by atoms with E-state index in [9.17, 15) is 9.59 Å². The molecule has 3 rings (SSSR count). The van der Waals surface area contributed by atoms with Crippen molar-refractivity contribution in [2.45, 2.75) is 12.8 Å². The average molecular weight is 360 g/mol. The second-order valence-corrected chi connectivity index (χ2v) is 6.12. The molecule has 1 saturated heterocycles. The molecule has 1 fully saturated rings. The van der Waals surface area contributed by atoms with E-state index in [4.69, 9.17) is 16.3 Å². The lowest BCUT2D eigenvalue weighted by Crippen LogP contribution is -2.24. The number of ether oxygens (including phenoxy) is 1. The fourth-order valence-corrected chi connectivity index (χ4v) is 3.02. The van der Waals surface area contributed by atoms with E-state index in [0.29, 0.717) is 17.1 Å². The fourth-order valence-electron chi connectivity index (χ4n) is 2.82. The highest BCUT2D eigenvalue weighted by molar-refractivity contribution is 6.33. The van der Waals surface area contributed by atoms with E-state index >= 15 is 0 Å². The van der Waals surface area contributed by atoms with Crippen LogP contribution in [0.3, 0.4) is 0 Å². The van der Waals surface area contributed by atoms with Gasteiger partial charge in [-0.05, 0) is 43.2 Å². The van der Waals surface area contributed by atoms with Gasteiger partial charge in [0.2, 0.25) is 0 Å². The van der Waals surface area contributed by atoms with E-state index in [2.05, 4.69) is 15.2 Å². The van der Waals surface area contributed by atoms with Crippen LogP contribution in [0.1, 0.15) is 33.6 Å². The van der Waals surface area contributed by atoms with E-state index in [1.165, 1.54) is 13.2 Å². The molecule has 1 aliphatic rings. The maximum absolute atomic E-state index is 12.7. The van der Waals surface area contributed by atoms with Crippen LogP contribution in [0.2, 0.25) is 5.02 Å². The minimum absolute atomic E-state index is 0.202. The van der Waals surface area contributed by atoms with Gasteiger partial charge in [0.15, 0.2) is 0 Å². The third-order valence-corrected chi connectivity index (χ3v) is 4.40. The van der Waals surface area contributed by atoms with Crippen LogP contribution >= 0.6 is 11.6 Å². The minimum atomic E-state index is -0.555. The molecule has 25 heavy (non-hydrogen) atoms. The number of methoxy groups -OCH3 is 1. The van der Waals surface area contributed by atoms with E-state index < -0.39 is 5.97 Å². The number of carbonyl (C=O) groups is 2. The molecule has 0 unspecified atom stereocenters. The summed E-state index contributed by atoms with van der Waals surface area (Å²) < 4.78 is 4.70. The van der Waals surface area contributed by atoms with Crippen molar-refractivity contribution >= 4 is 35.0 Å². The van der Waals surface area contributed by atoms with Gasteiger partial charge in [-0.3, -0.25) is 4.79 Å². The largest absolute Gasteiger partial charge is 0.465 e. The number of nitrogens with zero attached hydrogens (tertiary/aromatic N) is 2. The number of amides is 1. The Kier molecular flexibility index (Phi) is 5.19. The molecule has 1 aliphatic heterocycles. The molecule has 0 radical (unpaired) electrons. The molecular formula is C18H18ClN3O3. The van der Waals surface area contributed by atoms with Gasteiger partial charge in [0.1, 0.15) is 5.82 Å². The van der Waals surface area contributed by atoms with E-state index in [0.717, 1.165) is 25.9 Å². The van der Waals surface area contributed by atoms with Gasteiger partial charge < -0.3 is 15.0 Å². The summed E-state index contributed by atoms with van der Waals surface area (Å²) in [5.74, 6) is -0.159. The molecule has 0 saturated carbocycles. The molecule has 1 N–H and O–H groups in total. The van der Waals surface area contributed by atoms with Crippen LogP contribution in [0.15, 0.2) is 36.5 Å². The van der Waals surface area contributed by atoms with Gasteiger partial charge in [-0.25, -0.2) is 9.78 Å². The Hall–Kier alpha value is -2.60. The van der Waals surface area contributed by atoms with Crippen molar-refractivity contribution in [1.82, 2.24) is 4.98 Å². The topological polar surface area (TPSA) is 71.5 Å². The van der Waals surface area contributed by atoms with Crippen molar-refractivity contribution in [1.29, 1.82) is 0 Å². The number of halogens is 1. The quantitative estimate of drug-likeness (QED) is 0.847. The Morgan fingerprint density at radius 3 is 2.68 bits per heavy atom. The molecule has 6 nitrogen and oxygen atoms in total. The molecular weight excluding hydrogens is 342 g/mol. The van der Waals surface area contributed by atoms with Crippen LogP contribution in [-0.2, 0) is 4.74 Å². The smallest absolute Gasteiger partial charge is 0.339 e. The summed E-state index contributed by atoms with van der Waals surface area (Å²) in [4.78, 5) is 30.9. The van der Waals surface area contributed by atoms with Gasteiger partial charge in [-0.15, -0.1) is 0 Å². The van der Waals surface area contributed by atoms with Crippen LogP contribution in [0, 0.1) is 0 Å². The molecule has 2 heterocycles. The van der Waals surface area contributed by atoms with Gasteiger partial charge >= 0.3 is 5.97 Å². The number of anilines is 2. The summed E-state index contributed by atoms with van der Waals surface area (Å²) in [5.41, 5.74) is 1.16. The van der Waals surface area contributed by atoms with Gasteiger partial charge in [0.25, 0.3) is 5.91 Å². The lowest BCUT2D eigenvalue weighted by Gasteiger charge is -2.19. The summed E-state index contributed by atoms with van der Waals surface area (Å²) in [6.07, 6.45) is 3.87. The number of carbonyl (C=O) groups excluding carboxylic acids is 2. The normalized spacial score (nSPS) is 13.6. The van der Waals surface area contributed by atoms with Crippen LogP contribution in [0.4, 0.5) is 11.5 Å². The second kappa shape index (κ2) is 7.53. The maximum atomic E-state index is 12.7. The van der Waals surface area contributed by atoms with Crippen LogP contribution in [0.25, 0.3) is 0 Å². The Bertz CT molecular complexity index is 804. The Balaban J connectivity index is 1.85. The van der Waals surface area contributed by atoms with Crippen molar-refractivity contribution < 1.29 is 14.3 Å². The molecule has 0 aliphatic carbocycles. The van der Waals surface area contributed by atoms with E-state index in [1.54, 1.807) is 30.5 Å². The van der Waals surface area contributed by atoms with Crippen LogP contribution < -0.4 is 10.2 Å². The van der Waals surface area contributed by atoms with Gasteiger partial charge in [-0.2, -0.15) is 0 Å². The SMILES string of the molecule is COC(=O)c1cc(NC(=O)c2cccnc2N2CCCC2)ccc1Cl. The van der Waals surface area contributed by atoms with Gasteiger partial charge in [0, 0.05) is 25.0 Å². The summed E-state index contributed by atoms with van der Waals surface area (Å²) in [5, 5.41) is 3.06. The number of esters is 1. The molecule has 0 bridgehead atoms. The number of hydrogen-bond donors (Lipinski definition) is 1. The van der Waals surface area contributed by atoms with Crippen LogP contribution in [-0.4, -0.2) is 37.1 Å². The molecule has 2 aromatic rings. The molecule has 0 spiro atoms. The fraction of sp³-hybridized carbons (Fsp3) is 0.278. The number of benzene rings is 1. The average Bonchev–Trinajstić information content (AvgIpc) is 3.17. The molecule has 130 valence electrons. The monoisotopic (exact) mass is 359 g/mol. The van der Waals surface area contributed by atoms with Crippen molar-refractivity contribution in [3.8, 4) is 0 Å². The zero-order valence-electron chi connectivity index (χ0n) is 13.8. The van der Waals surface area contributed by atoms with Crippen molar-refractivity contribution in [3.05, 3.63) is 52.7 Å². The predicted octanol–water partition coefficient (Wildman–Crippen LogP) is 3.37. The van der Waals surface area contributed by atoms with Crippen LogP contribution in [0.5, 0.6) is 0 Å². The molecule has 0 atom stereocenters. The number of rotatable bonds is 4. The second-order valence-electron chi connectivity index (χ2n) is 5.71. The highest BCUT2D eigenvalue weighted by atomic mass is 35.5. The lowest BCUT2D eigenvalue weighted by atomic mass is 10.1. The minimum Gasteiger partial charge on any atom is -0.465 e. The molecule has 1 amide bonds. The number of nitrogens with one attached hydrogen (secondary N) is 1. The first-order chi connectivity index (χ1) is 12.1. The number of pyridine rings is 1. The van der Waals surface area contributed by atoms with Crippen molar-refractivity contribution in [3.63, 3.8) is 0 Å². The first-order valence-corrected chi connectivity index (χ1v) is 8.37. The number of hydrogen-bond acceptors (Lipinski definition) is 5. The van der Waals surface area contributed by atoms with Gasteiger partial charge in [-0.1, -0.05) is 11.6 Å². The number of aromatic nitrogens is 1. The van der Waals surface area contributed by atoms with Gasteiger partial charge in [0.05, 0.1) is 23.3 Å². The molecule has 7 heteroatoms. The summed E-state index contributed by atoms with van der Waals surface area (Å²) >= 11 is 6.00. The Labute approximate surface area is 150 Å². The van der Waals surface area contributed by atoms with Crippen molar-refractivity contribution in [2.24, 2.45) is 0 Å². The summed E-state index contributed by atoms with van der Waals surface area (Å²) in [7, 11) is 1.28. The molecule has 1 aromatic carbocycles. The highest BCUT2D eigenvalue weighted by Crippen LogP contribution is 2.25.